The fourth-order valence-corrected chi connectivity index (χ4v) is 1.86. The maximum atomic E-state index is 5.82. The highest BCUT2D eigenvalue weighted by molar-refractivity contribution is 14.0. The summed E-state index contributed by atoms with van der Waals surface area (Å²) in [4.78, 5) is 12.1. The number of para-hydroxylation sites is 1. The average molecular weight is 387 g/mol. The Morgan fingerprint density at radius 3 is 2.90 bits per heavy atom. The van der Waals surface area contributed by atoms with Crippen molar-refractivity contribution in [3.05, 3.63) is 29.6 Å². The molecule has 6 heteroatoms. The number of guanidine groups is 1. The van der Waals surface area contributed by atoms with E-state index in [0.29, 0.717) is 18.5 Å². The lowest BCUT2D eigenvalue weighted by Crippen LogP contribution is -2.38. The van der Waals surface area contributed by atoms with Crippen LogP contribution in [-0.4, -0.2) is 22.0 Å². The maximum absolute atomic E-state index is 5.82. The molecule has 2 aromatic rings. The monoisotopic (exact) mass is 387 g/mol. The van der Waals surface area contributed by atoms with Crippen molar-refractivity contribution in [2.45, 2.75) is 39.8 Å². The number of imidazole rings is 1. The number of halogens is 1. The number of fused-ring (bicyclic) bond motifs is 1. The van der Waals surface area contributed by atoms with Crippen LogP contribution in [0.15, 0.2) is 23.2 Å². The van der Waals surface area contributed by atoms with Crippen LogP contribution in [0, 0.1) is 6.92 Å². The second kappa shape index (κ2) is 7.47. The molecule has 1 unspecified atom stereocenters. The van der Waals surface area contributed by atoms with Gasteiger partial charge in [0.25, 0.3) is 0 Å². The molecule has 0 amide bonds. The van der Waals surface area contributed by atoms with Crippen LogP contribution in [0.2, 0.25) is 0 Å². The van der Waals surface area contributed by atoms with E-state index >= 15 is 0 Å². The zero-order chi connectivity index (χ0) is 13.8. The van der Waals surface area contributed by atoms with E-state index in [4.69, 9.17) is 5.73 Å². The van der Waals surface area contributed by atoms with Crippen molar-refractivity contribution < 1.29 is 0 Å². The molecule has 0 fully saturated rings. The number of nitrogens with zero attached hydrogens (tertiary/aromatic N) is 2. The molecule has 0 aliphatic carbocycles. The van der Waals surface area contributed by atoms with Crippen LogP contribution >= 0.6 is 24.0 Å². The molecule has 2 rings (SSSR count). The lowest BCUT2D eigenvalue weighted by molar-refractivity contribution is 0.636. The molecule has 110 valence electrons. The molecule has 1 aromatic carbocycles. The van der Waals surface area contributed by atoms with Gasteiger partial charge in [0.05, 0.1) is 11.0 Å². The molecule has 0 aliphatic rings. The van der Waals surface area contributed by atoms with Gasteiger partial charge in [0, 0.05) is 6.04 Å². The molecule has 0 spiro atoms. The molecule has 4 N–H and O–H groups in total. The summed E-state index contributed by atoms with van der Waals surface area (Å²) in [5, 5.41) is 3.13. The first kappa shape index (κ1) is 16.7. The van der Waals surface area contributed by atoms with Crippen molar-refractivity contribution in [1.29, 1.82) is 0 Å². The molecule has 0 bridgehead atoms. The molecule has 1 heterocycles. The Morgan fingerprint density at radius 1 is 1.50 bits per heavy atom. The number of aryl methyl sites for hydroxylation is 1. The highest BCUT2D eigenvalue weighted by Crippen LogP contribution is 2.15. The SMILES string of the molecule is CCC(C)NC(N)=NCc1nc2c(C)cccc2[nH]1.I. The third-order valence-electron chi connectivity index (χ3n) is 3.17. The number of benzene rings is 1. The second-order valence-corrected chi connectivity index (χ2v) is 4.81. The predicted molar refractivity (Wildman–Crippen MR) is 94.5 cm³/mol. The van der Waals surface area contributed by atoms with E-state index in [1.165, 1.54) is 0 Å². The smallest absolute Gasteiger partial charge is 0.189 e. The number of H-pyrrole nitrogens is 1. The molecule has 20 heavy (non-hydrogen) atoms. The van der Waals surface area contributed by atoms with E-state index < -0.39 is 0 Å². The van der Waals surface area contributed by atoms with Gasteiger partial charge < -0.3 is 16.0 Å². The van der Waals surface area contributed by atoms with Gasteiger partial charge in [0.15, 0.2) is 5.96 Å². The highest BCUT2D eigenvalue weighted by Gasteiger charge is 2.04. The first-order chi connectivity index (χ1) is 9.10. The normalized spacial score (nSPS) is 13.1. The van der Waals surface area contributed by atoms with Crippen LogP contribution in [0.5, 0.6) is 0 Å². The van der Waals surface area contributed by atoms with Crippen LogP contribution < -0.4 is 11.1 Å². The molecule has 1 aromatic heterocycles. The van der Waals surface area contributed by atoms with Crippen molar-refractivity contribution >= 4 is 41.0 Å². The fourth-order valence-electron chi connectivity index (χ4n) is 1.86. The fraction of sp³-hybridized carbons (Fsp3) is 0.429. The van der Waals surface area contributed by atoms with E-state index in [2.05, 4.69) is 47.1 Å². The molecular formula is C14H22IN5. The summed E-state index contributed by atoms with van der Waals surface area (Å²) in [6, 6.07) is 6.42. The van der Waals surface area contributed by atoms with Gasteiger partial charge in [-0.15, -0.1) is 24.0 Å². The molecule has 0 saturated heterocycles. The topological polar surface area (TPSA) is 79.1 Å². The minimum absolute atomic E-state index is 0. The lowest BCUT2D eigenvalue weighted by Gasteiger charge is -2.11. The third kappa shape index (κ3) is 4.09. The van der Waals surface area contributed by atoms with Gasteiger partial charge in [-0.1, -0.05) is 19.1 Å². The van der Waals surface area contributed by atoms with Crippen molar-refractivity contribution in [3.63, 3.8) is 0 Å². The summed E-state index contributed by atoms with van der Waals surface area (Å²) in [6.45, 7) is 6.69. The summed E-state index contributed by atoms with van der Waals surface area (Å²) >= 11 is 0. The lowest BCUT2D eigenvalue weighted by atomic mass is 10.2. The minimum atomic E-state index is 0. The Kier molecular flexibility index (Phi) is 6.25. The summed E-state index contributed by atoms with van der Waals surface area (Å²) in [5.74, 6) is 1.30. The van der Waals surface area contributed by atoms with Crippen molar-refractivity contribution in [2.75, 3.05) is 0 Å². The summed E-state index contributed by atoms with van der Waals surface area (Å²) < 4.78 is 0. The first-order valence-electron chi connectivity index (χ1n) is 6.60. The third-order valence-corrected chi connectivity index (χ3v) is 3.17. The van der Waals surface area contributed by atoms with Crippen LogP contribution in [-0.2, 0) is 6.54 Å². The zero-order valence-corrected chi connectivity index (χ0v) is 14.4. The van der Waals surface area contributed by atoms with Gasteiger partial charge in [-0.2, -0.15) is 0 Å². The number of nitrogens with one attached hydrogen (secondary N) is 2. The van der Waals surface area contributed by atoms with Crippen LogP contribution in [0.1, 0.15) is 31.7 Å². The number of aliphatic imine (C=N–C) groups is 1. The second-order valence-electron chi connectivity index (χ2n) is 4.81. The van der Waals surface area contributed by atoms with Gasteiger partial charge in [-0.25, -0.2) is 9.98 Å². The average Bonchev–Trinajstić information content (AvgIpc) is 2.81. The molecule has 5 nitrogen and oxygen atoms in total. The van der Waals surface area contributed by atoms with Gasteiger partial charge in [-0.05, 0) is 31.9 Å². The Labute approximate surface area is 136 Å². The standard InChI is InChI=1S/C14H21N5.HI/c1-4-10(3)17-14(15)16-8-12-18-11-7-5-6-9(2)13(11)19-12;/h5-7,10H,4,8H2,1-3H3,(H,18,19)(H3,15,16,17);1H. The molecule has 0 aliphatic heterocycles. The molecule has 0 saturated carbocycles. The number of aromatic amines is 1. The number of hydrogen-bond acceptors (Lipinski definition) is 2. The summed E-state index contributed by atoms with van der Waals surface area (Å²) in [5.41, 5.74) is 9.02. The summed E-state index contributed by atoms with van der Waals surface area (Å²) in [7, 11) is 0. The van der Waals surface area contributed by atoms with Gasteiger partial charge >= 0.3 is 0 Å². The van der Waals surface area contributed by atoms with Gasteiger partial charge in [0.1, 0.15) is 12.4 Å². The number of aromatic nitrogens is 2. The van der Waals surface area contributed by atoms with Crippen LogP contribution in [0.4, 0.5) is 0 Å². The van der Waals surface area contributed by atoms with E-state index in [-0.39, 0.29) is 24.0 Å². The van der Waals surface area contributed by atoms with Gasteiger partial charge in [-0.3, -0.25) is 0 Å². The van der Waals surface area contributed by atoms with Crippen molar-refractivity contribution in [3.8, 4) is 0 Å². The maximum Gasteiger partial charge on any atom is 0.189 e. The summed E-state index contributed by atoms with van der Waals surface area (Å²) in [6.07, 6.45) is 1.01. The van der Waals surface area contributed by atoms with E-state index in [1.807, 2.05) is 12.1 Å². The number of nitrogens with two attached hydrogens (primary N) is 1. The minimum Gasteiger partial charge on any atom is -0.370 e. The van der Waals surface area contributed by atoms with Crippen LogP contribution in [0.3, 0.4) is 0 Å². The van der Waals surface area contributed by atoms with Crippen molar-refractivity contribution in [2.24, 2.45) is 10.7 Å². The van der Waals surface area contributed by atoms with E-state index in [9.17, 15) is 0 Å². The number of hydrogen-bond donors (Lipinski definition) is 3. The van der Waals surface area contributed by atoms with E-state index in [1.54, 1.807) is 0 Å². The van der Waals surface area contributed by atoms with Gasteiger partial charge in [0.2, 0.25) is 0 Å². The molecule has 0 radical (unpaired) electrons. The van der Waals surface area contributed by atoms with E-state index in [0.717, 1.165) is 28.8 Å². The van der Waals surface area contributed by atoms with Crippen molar-refractivity contribution in [1.82, 2.24) is 15.3 Å². The molecule has 1 atom stereocenters. The Hall–Kier alpha value is -1.31. The highest BCUT2D eigenvalue weighted by atomic mass is 127. The Morgan fingerprint density at radius 2 is 2.25 bits per heavy atom. The predicted octanol–water partition coefficient (Wildman–Crippen LogP) is 2.69. The Balaban J connectivity index is 0.00000200. The van der Waals surface area contributed by atoms with Crippen LogP contribution in [0.25, 0.3) is 11.0 Å². The molecular weight excluding hydrogens is 365 g/mol. The zero-order valence-electron chi connectivity index (χ0n) is 12.1. The Bertz CT molecular complexity index is 590. The quantitative estimate of drug-likeness (QED) is 0.429. The first-order valence-corrected chi connectivity index (χ1v) is 6.60. The number of rotatable bonds is 4. The largest absolute Gasteiger partial charge is 0.370 e.